The minimum absolute atomic E-state index is 0.754. The molecule has 0 amide bonds. The van der Waals surface area contributed by atoms with Crippen molar-refractivity contribution in [2.45, 2.75) is 20.3 Å². The largest absolute Gasteiger partial charge is 0.337 e. The molecule has 0 spiro atoms. The van der Waals surface area contributed by atoms with Gasteiger partial charge in [-0.25, -0.2) is 0 Å². The standard InChI is InChI=1S/C48H42N2/c1-4-5-6-7-8-16-35-49(47-36(2)23-25-40-17-12-14-21-45(40)47)42-31-27-38(28-32-42)39-29-33-44(34-30-39)50(43-19-10-9-11-20-43)48-37(3)24-26-41-18-13-15-22-46(41)48/h4,6-34H,1,5,35H2,2-3H3/b7-6-,16-8-. The summed E-state index contributed by atoms with van der Waals surface area (Å²) >= 11 is 0. The lowest BCUT2D eigenvalue weighted by Crippen LogP contribution is -2.18. The van der Waals surface area contributed by atoms with Crippen molar-refractivity contribution in [3.8, 4) is 11.1 Å². The fourth-order valence-electron chi connectivity index (χ4n) is 6.83. The Labute approximate surface area is 296 Å². The lowest BCUT2D eigenvalue weighted by molar-refractivity contribution is 1.09. The molecule has 2 nitrogen and oxygen atoms in total. The Hall–Kier alpha value is -6.12. The minimum atomic E-state index is 0.754. The van der Waals surface area contributed by atoms with Crippen LogP contribution in [0, 0.1) is 13.8 Å². The Morgan fingerprint density at radius 2 is 0.980 bits per heavy atom. The van der Waals surface area contributed by atoms with Gasteiger partial charge in [-0.1, -0.05) is 146 Å². The van der Waals surface area contributed by atoms with Crippen molar-refractivity contribution >= 4 is 50.0 Å². The van der Waals surface area contributed by atoms with E-state index in [2.05, 4.69) is 206 Å². The van der Waals surface area contributed by atoms with E-state index in [0.29, 0.717) is 0 Å². The van der Waals surface area contributed by atoms with Crippen LogP contribution in [0.4, 0.5) is 28.4 Å². The van der Waals surface area contributed by atoms with Gasteiger partial charge in [0, 0.05) is 34.4 Å². The van der Waals surface area contributed by atoms with Gasteiger partial charge in [0.15, 0.2) is 0 Å². The molecule has 0 radical (unpaired) electrons. The predicted molar refractivity (Wildman–Crippen MR) is 218 cm³/mol. The van der Waals surface area contributed by atoms with Gasteiger partial charge in [0.05, 0.1) is 11.4 Å². The molecule has 7 aromatic carbocycles. The van der Waals surface area contributed by atoms with Gasteiger partial charge in [-0.15, -0.1) is 6.58 Å². The average Bonchev–Trinajstić information content (AvgIpc) is 3.17. The van der Waals surface area contributed by atoms with Crippen LogP contribution in [-0.2, 0) is 0 Å². The molecule has 0 aliphatic heterocycles. The highest BCUT2D eigenvalue weighted by Gasteiger charge is 2.18. The summed E-state index contributed by atoms with van der Waals surface area (Å²) in [5, 5.41) is 4.97. The highest BCUT2D eigenvalue weighted by Crippen LogP contribution is 2.42. The monoisotopic (exact) mass is 646 g/mol. The molecule has 0 aromatic heterocycles. The zero-order valence-electron chi connectivity index (χ0n) is 28.8. The molecule has 0 atom stereocenters. The zero-order chi connectivity index (χ0) is 34.3. The summed E-state index contributed by atoms with van der Waals surface area (Å²) in [6.07, 6.45) is 11.4. The first-order valence-corrected chi connectivity index (χ1v) is 17.3. The number of para-hydroxylation sites is 1. The summed E-state index contributed by atoms with van der Waals surface area (Å²) in [6.45, 7) is 8.98. The number of rotatable bonds is 11. The number of anilines is 5. The lowest BCUT2D eigenvalue weighted by Gasteiger charge is -2.29. The Kier molecular flexibility index (Phi) is 9.71. The van der Waals surface area contributed by atoms with Gasteiger partial charge >= 0.3 is 0 Å². The Balaban J connectivity index is 1.23. The second kappa shape index (κ2) is 15.0. The maximum absolute atomic E-state index is 3.82. The van der Waals surface area contributed by atoms with Crippen LogP contribution >= 0.6 is 0 Å². The SMILES string of the molecule is C=CC/C=C\C=C/CN(c1ccc(-c2ccc(N(c3ccccc3)c3c(C)ccc4ccccc34)cc2)cc1)c1c(C)ccc2ccccc12. The van der Waals surface area contributed by atoms with Crippen molar-refractivity contribution in [1.29, 1.82) is 0 Å². The molecule has 0 N–H and O–H groups in total. The second-order valence-corrected chi connectivity index (χ2v) is 12.7. The first-order chi connectivity index (χ1) is 24.6. The van der Waals surface area contributed by atoms with Crippen LogP contribution in [-0.4, -0.2) is 6.54 Å². The van der Waals surface area contributed by atoms with Crippen LogP contribution in [0.25, 0.3) is 32.7 Å². The third kappa shape index (κ3) is 6.74. The smallest absolute Gasteiger partial charge is 0.0569 e. The summed E-state index contributed by atoms with van der Waals surface area (Å²) in [5.74, 6) is 0. The predicted octanol–water partition coefficient (Wildman–Crippen LogP) is 13.6. The van der Waals surface area contributed by atoms with E-state index >= 15 is 0 Å². The van der Waals surface area contributed by atoms with E-state index in [4.69, 9.17) is 0 Å². The quantitative estimate of drug-likeness (QED) is 0.102. The van der Waals surface area contributed by atoms with Crippen molar-refractivity contribution in [3.05, 3.63) is 200 Å². The number of aryl methyl sites for hydroxylation is 2. The van der Waals surface area contributed by atoms with Crippen molar-refractivity contribution in [3.63, 3.8) is 0 Å². The van der Waals surface area contributed by atoms with E-state index in [9.17, 15) is 0 Å². The molecule has 0 unspecified atom stereocenters. The normalized spacial score (nSPS) is 11.5. The fourth-order valence-corrected chi connectivity index (χ4v) is 6.83. The van der Waals surface area contributed by atoms with Crippen LogP contribution in [0.1, 0.15) is 17.5 Å². The average molecular weight is 647 g/mol. The van der Waals surface area contributed by atoms with Crippen molar-refractivity contribution in [2.24, 2.45) is 0 Å². The minimum Gasteiger partial charge on any atom is -0.337 e. The lowest BCUT2D eigenvalue weighted by atomic mass is 10.0. The van der Waals surface area contributed by atoms with Gasteiger partial charge in [0.1, 0.15) is 0 Å². The number of hydrogen-bond acceptors (Lipinski definition) is 2. The molecule has 0 aliphatic carbocycles. The summed E-state index contributed by atoms with van der Waals surface area (Å²) in [4.78, 5) is 4.81. The summed E-state index contributed by atoms with van der Waals surface area (Å²) < 4.78 is 0. The maximum atomic E-state index is 3.82. The van der Waals surface area contributed by atoms with Gasteiger partial charge < -0.3 is 9.80 Å². The molecule has 0 heterocycles. The third-order valence-corrected chi connectivity index (χ3v) is 9.32. The Morgan fingerprint density at radius 3 is 1.60 bits per heavy atom. The molecule has 0 bridgehead atoms. The molecule has 50 heavy (non-hydrogen) atoms. The summed E-state index contributed by atoms with van der Waals surface area (Å²) in [7, 11) is 0. The molecule has 0 fully saturated rings. The topological polar surface area (TPSA) is 6.48 Å². The second-order valence-electron chi connectivity index (χ2n) is 12.7. The van der Waals surface area contributed by atoms with Crippen molar-refractivity contribution < 1.29 is 0 Å². The Bertz CT molecular complexity index is 2300. The highest BCUT2D eigenvalue weighted by atomic mass is 15.1. The van der Waals surface area contributed by atoms with Gasteiger partial charge in [0.25, 0.3) is 0 Å². The van der Waals surface area contributed by atoms with Crippen LogP contribution in [0.3, 0.4) is 0 Å². The van der Waals surface area contributed by atoms with Gasteiger partial charge in [0.2, 0.25) is 0 Å². The first-order valence-electron chi connectivity index (χ1n) is 17.3. The molecular weight excluding hydrogens is 605 g/mol. The number of allylic oxidation sites excluding steroid dienone is 4. The van der Waals surface area contributed by atoms with Crippen molar-refractivity contribution in [1.82, 2.24) is 0 Å². The molecule has 7 rings (SSSR count). The third-order valence-electron chi connectivity index (χ3n) is 9.32. The molecule has 0 saturated carbocycles. The van der Waals surface area contributed by atoms with E-state index in [-0.39, 0.29) is 0 Å². The number of hydrogen-bond donors (Lipinski definition) is 0. The van der Waals surface area contributed by atoms with Crippen LogP contribution < -0.4 is 9.80 Å². The number of benzene rings is 7. The number of fused-ring (bicyclic) bond motifs is 2. The van der Waals surface area contributed by atoms with Crippen LogP contribution in [0.5, 0.6) is 0 Å². The summed E-state index contributed by atoms with van der Waals surface area (Å²) in [5.41, 5.74) is 10.7. The Morgan fingerprint density at radius 1 is 0.480 bits per heavy atom. The zero-order valence-corrected chi connectivity index (χ0v) is 28.8. The molecular formula is C48H42N2. The first kappa shape index (κ1) is 32.4. The van der Waals surface area contributed by atoms with E-state index in [1.54, 1.807) is 0 Å². The highest BCUT2D eigenvalue weighted by molar-refractivity contribution is 6.01. The van der Waals surface area contributed by atoms with Gasteiger partial charge in [-0.2, -0.15) is 0 Å². The molecule has 0 saturated heterocycles. The van der Waals surface area contributed by atoms with E-state index in [1.807, 2.05) is 6.08 Å². The van der Waals surface area contributed by atoms with Gasteiger partial charge in [-0.3, -0.25) is 0 Å². The van der Waals surface area contributed by atoms with Crippen molar-refractivity contribution in [2.75, 3.05) is 16.3 Å². The van der Waals surface area contributed by atoms with E-state index < -0.39 is 0 Å². The molecule has 7 aromatic rings. The maximum Gasteiger partial charge on any atom is 0.0569 e. The van der Waals surface area contributed by atoms with E-state index in [1.165, 1.54) is 55.2 Å². The molecule has 0 aliphatic rings. The summed E-state index contributed by atoms with van der Waals surface area (Å²) in [6, 6.07) is 54.8. The van der Waals surface area contributed by atoms with Gasteiger partial charge in [-0.05, 0) is 89.7 Å². The van der Waals surface area contributed by atoms with E-state index in [0.717, 1.165) is 30.0 Å². The fraction of sp³-hybridized carbons (Fsp3) is 0.0833. The van der Waals surface area contributed by atoms with Crippen LogP contribution in [0.15, 0.2) is 189 Å². The number of nitrogens with zero attached hydrogens (tertiary/aromatic N) is 2. The molecule has 2 heteroatoms. The molecule has 244 valence electrons. The van der Waals surface area contributed by atoms with Crippen LogP contribution in [0.2, 0.25) is 0 Å².